The molecular formula is C12H16N2O. The molecule has 2 heterocycles. The fourth-order valence-electron chi connectivity index (χ4n) is 2.01. The molecule has 0 aliphatic rings. The molecule has 0 saturated carbocycles. The Kier molecular flexibility index (Phi) is 2.39. The Morgan fingerprint density at radius 1 is 1.40 bits per heavy atom. The van der Waals surface area contributed by atoms with Crippen molar-refractivity contribution in [1.82, 2.24) is 9.38 Å². The third-order valence-electron chi connectivity index (χ3n) is 2.68. The molecule has 2 aromatic rings. The highest BCUT2D eigenvalue weighted by Gasteiger charge is 2.10. The van der Waals surface area contributed by atoms with Crippen LogP contribution in [0.25, 0.3) is 5.52 Å². The molecule has 2 rings (SSSR count). The van der Waals surface area contributed by atoms with Gasteiger partial charge in [-0.3, -0.25) is 0 Å². The van der Waals surface area contributed by atoms with Crippen LogP contribution in [-0.2, 0) is 6.42 Å². The molecule has 0 atom stereocenters. The van der Waals surface area contributed by atoms with Crippen LogP contribution in [-0.4, -0.2) is 16.5 Å². The van der Waals surface area contributed by atoms with Crippen LogP contribution in [0, 0.1) is 13.8 Å². The predicted octanol–water partition coefficient (Wildman–Crippen LogP) is 2.52. The highest BCUT2D eigenvalue weighted by molar-refractivity contribution is 5.60. The summed E-state index contributed by atoms with van der Waals surface area (Å²) in [4.78, 5) is 4.46. The van der Waals surface area contributed by atoms with Crippen molar-refractivity contribution >= 4 is 5.52 Å². The van der Waals surface area contributed by atoms with Crippen LogP contribution in [0.1, 0.15) is 23.9 Å². The largest absolute Gasteiger partial charge is 0.479 e. The van der Waals surface area contributed by atoms with Gasteiger partial charge >= 0.3 is 0 Å². The van der Waals surface area contributed by atoms with Crippen molar-refractivity contribution in [3.8, 4) is 5.88 Å². The van der Waals surface area contributed by atoms with Gasteiger partial charge in [0.05, 0.1) is 12.8 Å². The normalized spacial score (nSPS) is 10.9. The number of nitrogens with zero attached hydrogens (tertiary/aromatic N) is 2. The van der Waals surface area contributed by atoms with Gasteiger partial charge in [0, 0.05) is 11.9 Å². The summed E-state index contributed by atoms with van der Waals surface area (Å²) < 4.78 is 7.47. The van der Waals surface area contributed by atoms with Crippen molar-refractivity contribution in [2.75, 3.05) is 7.11 Å². The highest BCUT2D eigenvalue weighted by atomic mass is 16.5. The minimum Gasteiger partial charge on any atom is -0.479 e. The first-order chi connectivity index (χ1) is 7.17. The van der Waals surface area contributed by atoms with Crippen LogP contribution in [0.4, 0.5) is 0 Å². The Bertz CT molecular complexity index is 500. The quantitative estimate of drug-likeness (QED) is 0.751. The Labute approximate surface area is 89.7 Å². The number of aryl methyl sites for hydroxylation is 3. The summed E-state index contributed by atoms with van der Waals surface area (Å²) in [6, 6.07) is 2.10. The maximum atomic E-state index is 5.29. The number of hydrogen-bond donors (Lipinski definition) is 0. The van der Waals surface area contributed by atoms with Crippen LogP contribution in [0.15, 0.2) is 12.3 Å². The average molecular weight is 204 g/mol. The first-order valence-electron chi connectivity index (χ1n) is 5.19. The van der Waals surface area contributed by atoms with Gasteiger partial charge in [-0.1, -0.05) is 6.92 Å². The molecule has 15 heavy (non-hydrogen) atoms. The molecule has 0 aromatic carbocycles. The maximum Gasteiger partial charge on any atom is 0.238 e. The number of hydrogen-bond acceptors (Lipinski definition) is 2. The molecule has 0 bridgehead atoms. The standard InChI is InChI=1S/C12H16N2O/c1-5-10-9(3)13-12(15-4)11-6-8(2)7-14(10)11/h6-7H,5H2,1-4H3. The van der Waals surface area contributed by atoms with Gasteiger partial charge in [0.2, 0.25) is 5.88 Å². The van der Waals surface area contributed by atoms with Crippen molar-refractivity contribution in [2.24, 2.45) is 0 Å². The zero-order chi connectivity index (χ0) is 11.0. The molecule has 0 saturated heterocycles. The van der Waals surface area contributed by atoms with Crippen LogP contribution >= 0.6 is 0 Å². The first-order valence-corrected chi connectivity index (χ1v) is 5.19. The summed E-state index contributed by atoms with van der Waals surface area (Å²) in [6.07, 6.45) is 3.11. The van der Waals surface area contributed by atoms with Gasteiger partial charge in [0.25, 0.3) is 0 Å². The zero-order valence-corrected chi connectivity index (χ0v) is 9.66. The molecule has 0 aliphatic carbocycles. The van der Waals surface area contributed by atoms with Gasteiger partial charge < -0.3 is 9.14 Å². The van der Waals surface area contributed by atoms with E-state index in [4.69, 9.17) is 4.74 Å². The lowest BCUT2D eigenvalue weighted by Crippen LogP contribution is -2.03. The lowest BCUT2D eigenvalue weighted by atomic mass is 10.2. The van der Waals surface area contributed by atoms with E-state index in [-0.39, 0.29) is 0 Å². The molecule has 0 unspecified atom stereocenters. The van der Waals surface area contributed by atoms with Crippen molar-refractivity contribution < 1.29 is 4.74 Å². The minimum absolute atomic E-state index is 0.706. The van der Waals surface area contributed by atoms with E-state index in [1.165, 1.54) is 11.3 Å². The van der Waals surface area contributed by atoms with E-state index in [0.29, 0.717) is 5.88 Å². The second-order valence-electron chi connectivity index (χ2n) is 3.78. The predicted molar refractivity (Wildman–Crippen MR) is 60.6 cm³/mol. The van der Waals surface area contributed by atoms with Crippen LogP contribution in [0.5, 0.6) is 5.88 Å². The molecule has 0 amide bonds. The number of aromatic nitrogens is 2. The molecule has 80 valence electrons. The van der Waals surface area contributed by atoms with E-state index in [1.54, 1.807) is 7.11 Å². The number of ether oxygens (including phenoxy) is 1. The molecule has 3 heteroatoms. The van der Waals surface area contributed by atoms with Crippen molar-refractivity contribution in [3.05, 3.63) is 29.2 Å². The Balaban J connectivity index is 2.85. The Morgan fingerprint density at radius 3 is 2.73 bits per heavy atom. The summed E-state index contributed by atoms with van der Waals surface area (Å²) in [5.74, 6) is 0.706. The molecule has 0 N–H and O–H groups in total. The minimum atomic E-state index is 0.706. The van der Waals surface area contributed by atoms with E-state index in [0.717, 1.165) is 17.6 Å². The number of rotatable bonds is 2. The number of methoxy groups -OCH3 is 1. The monoisotopic (exact) mass is 204 g/mol. The molecule has 0 aliphatic heterocycles. The van der Waals surface area contributed by atoms with Crippen molar-refractivity contribution in [1.29, 1.82) is 0 Å². The summed E-state index contributed by atoms with van der Waals surface area (Å²) in [7, 11) is 1.66. The fourth-order valence-corrected chi connectivity index (χ4v) is 2.01. The van der Waals surface area contributed by atoms with E-state index >= 15 is 0 Å². The van der Waals surface area contributed by atoms with Crippen LogP contribution in [0.3, 0.4) is 0 Å². The van der Waals surface area contributed by atoms with Gasteiger partial charge in [0.15, 0.2) is 0 Å². The van der Waals surface area contributed by atoms with Gasteiger partial charge in [0.1, 0.15) is 5.52 Å². The van der Waals surface area contributed by atoms with Crippen LogP contribution < -0.4 is 4.74 Å². The second kappa shape index (κ2) is 3.57. The average Bonchev–Trinajstić information content (AvgIpc) is 2.58. The Hall–Kier alpha value is -1.51. The lowest BCUT2D eigenvalue weighted by Gasteiger charge is -2.10. The van der Waals surface area contributed by atoms with Gasteiger partial charge in [-0.2, -0.15) is 0 Å². The van der Waals surface area contributed by atoms with E-state index < -0.39 is 0 Å². The number of fused-ring (bicyclic) bond motifs is 1. The molecule has 3 nitrogen and oxygen atoms in total. The summed E-state index contributed by atoms with van der Waals surface area (Å²) >= 11 is 0. The van der Waals surface area contributed by atoms with E-state index in [2.05, 4.69) is 35.5 Å². The SMILES string of the molecule is CCc1c(C)nc(OC)c2cc(C)cn12. The van der Waals surface area contributed by atoms with E-state index in [9.17, 15) is 0 Å². The summed E-state index contributed by atoms with van der Waals surface area (Å²) in [5, 5.41) is 0. The zero-order valence-electron chi connectivity index (χ0n) is 9.66. The molecule has 0 radical (unpaired) electrons. The summed E-state index contributed by atoms with van der Waals surface area (Å²) in [6.45, 7) is 6.25. The molecule has 0 fully saturated rings. The topological polar surface area (TPSA) is 26.5 Å². The van der Waals surface area contributed by atoms with Crippen LogP contribution in [0.2, 0.25) is 0 Å². The van der Waals surface area contributed by atoms with E-state index in [1.807, 2.05) is 6.92 Å². The van der Waals surface area contributed by atoms with Gasteiger partial charge in [-0.25, -0.2) is 4.98 Å². The Morgan fingerprint density at radius 2 is 2.13 bits per heavy atom. The maximum absolute atomic E-state index is 5.29. The third kappa shape index (κ3) is 1.48. The van der Waals surface area contributed by atoms with Gasteiger partial charge in [-0.15, -0.1) is 0 Å². The first kappa shape index (κ1) is 10.0. The van der Waals surface area contributed by atoms with Crippen molar-refractivity contribution in [2.45, 2.75) is 27.2 Å². The van der Waals surface area contributed by atoms with Crippen molar-refractivity contribution in [3.63, 3.8) is 0 Å². The lowest BCUT2D eigenvalue weighted by molar-refractivity contribution is 0.399. The molecule has 0 spiro atoms. The summed E-state index contributed by atoms with van der Waals surface area (Å²) in [5.41, 5.74) is 4.57. The highest BCUT2D eigenvalue weighted by Crippen LogP contribution is 2.23. The molecular weight excluding hydrogens is 188 g/mol. The molecule has 2 aromatic heterocycles. The fraction of sp³-hybridized carbons (Fsp3) is 0.417. The third-order valence-corrected chi connectivity index (χ3v) is 2.68. The van der Waals surface area contributed by atoms with Gasteiger partial charge in [-0.05, 0) is 31.9 Å². The smallest absolute Gasteiger partial charge is 0.238 e. The second-order valence-corrected chi connectivity index (χ2v) is 3.78.